The number of carboxylic acid groups (broad SMARTS) is 1. The summed E-state index contributed by atoms with van der Waals surface area (Å²) in [5.41, 5.74) is 0.497. The molecular weight excluding hydrogens is 278 g/mol. The van der Waals surface area contributed by atoms with Gasteiger partial charge in [0.15, 0.2) is 6.10 Å². The Morgan fingerprint density at radius 3 is 2.62 bits per heavy atom. The molecule has 110 valence electrons. The van der Waals surface area contributed by atoms with Gasteiger partial charge in [0.05, 0.1) is 4.92 Å². The van der Waals surface area contributed by atoms with Gasteiger partial charge in [-0.25, -0.2) is 4.79 Å². The standard InChI is InChI=1S/C14H13NO6/c1-8-7-10(3-4-11(8)15(18)19)20-9(2)12-5-6-13(21-12)14(16)17/h3-7,9H,1-2H3,(H,16,17). The van der Waals surface area contributed by atoms with Crippen molar-refractivity contribution in [3.8, 4) is 5.75 Å². The number of hydrogen-bond acceptors (Lipinski definition) is 5. The van der Waals surface area contributed by atoms with E-state index in [0.717, 1.165) is 0 Å². The van der Waals surface area contributed by atoms with E-state index in [9.17, 15) is 14.9 Å². The lowest BCUT2D eigenvalue weighted by atomic mass is 10.2. The Labute approximate surface area is 119 Å². The van der Waals surface area contributed by atoms with Gasteiger partial charge in [-0.3, -0.25) is 10.1 Å². The van der Waals surface area contributed by atoms with E-state index >= 15 is 0 Å². The molecule has 2 aromatic rings. The SMILES string of the molecule is Cc1cc(OC(C)c2ccc(C(=O)O)o2)ccc1[N+](=O)[O-]. The summed E-state index contributed by atoms with van der Waals surface area (Å²) in [5.74, 6) is -0.512. The molecule has 0 aliphatic heterocycles. The third-order valence-electron chi connectivity index (χ3n) is 2.92. The van der Waals surface area contributed by atoms with Gasteiger partial charge in [-0.2, -0.15) is 0 Å². The number of hydrogen-bond donors (Lipinski definition) is 1. The summed E-state index contributed by atoms with van der Waals surface area (Å²) >= 11 is 0. The molecule has 0 spiro atoms. The minimum atomic E-state index is -1.15. The van der Waals surface area contributed by atoms with Crippen LogP contribution in [-0.2, 0) is 0 Å². The van der Waals surface area contributed by atoms with Crippen molar-refractivity contribution in [2.45, 2.75) is 20.0 Å². The number of carbonyl (C=O) groups is 1. The Morgan fingerprint density at radius 1 is 1.38 bits per heavy atom. The molecule has 21 heavy (non-hydrogen) atoms. The molecule has 0 bridgehead atoms. The van der Waals surface area contributed by atoms with Crippen LogP contribution in [0.3, 0.4) is 0 Å². The Bertz CT molecular complexity index is 691. The number of benzene rings is 1. The summed E-state index contributed by atoms with van der Waals surface area (Å²) in [4.78, 5) is 21.0. The maximum Gasteiger partial charge on any atom is 0.371 e. The highest BCUT2D eigenvalue weighted by Gasteiger charge is 2.17. The van der Waals surface area contributed by atoms with Crippen LogP contribution >= 0.6 is 0 Å². The zero-order valence-electron chi connectivity index (χ0n) is 11.4. The molecule has 0 amide bonds. The number of nitro groups is 1. The second kappa shape index (κ2) is 5.66. The van der Waals surface area contributed by atoms with Gasteiger partial charge in [0.2, 0.25) is 5.76 Å². The Morgan fingerprint density at radius 2 is 2.10 bits per heavy atom. The highest BCUT2D eigenvalue weighted by molar-refractivity contribution is 5.84. The van der Waals surface area contributed by atoms with Crippen LogP contribution < -0.4 is 4.74 Å². The van der Waals surface area contributed by atoms with Crippen molar-refractivity contribution in [1.29, 1.82) is 0 Å². The van der Waals surface area contributed by atoms with Crippen molar-refractivity contribution >= 4 is 11.7 Å². The topological polar surface area (TPSA) is 103 Å². The van der Waals surface area contributed by atoms with E-state index in [4.69, 9.17) is 14.3 Å². The summed E-state index contributed by atoms with van der Waals surface area (Å²) in [6.45, 7) is 3.31. The summed E-state index contributed by atoms with van der Waals surface area (Å²) < 4.78 is 10.7. The number of rotatable bonds is 5. The molecule has 1 aromatic heterocycles. The summed E-state index contributed by atoms with van der Waals surface area (Å²) in [6, 6.07) is 7.27. The molecular formula is C14H13NO6. The lowest BCUT2D eigenvalue weighted by Gasteiger charge is -2.12. The van der Waals surface area contributed by atoms with Crippen molar-refractivity contribution < 1.29 is 24.0 Å². The molecule has 7 heteroatoms. The molecule has 0 fully saturated rings. The molecule has 1 atom stereocenters. The molecule has 1 aromatic carbocycles. The third-order valence-corrected chi connectivity index (χ3v) is 2.92. The average Bonchev–Trinajstić information content (AvgIpc) is 2.88. The zero-order valence-corrected chi connectivity index (χ0v) is 11.4. The first-order valence-electron chi connectivity index (χ1n) is 6.13. The minimum Gasteiger partial charge on any atom is -0.483 e. The van der Waals surface area contributed by atoms with Crippen LogP contribution in [0.2, 0.25) is 0 Å². The van der Waals surface area contributed by atoms with Crippen LogP contribution in [0.1, 0.15) is 34.9 Å². The van der Waals surface area contributed by atoms with Crippen molar-refractivity contribution in [3.05, 3.63) is 57.5 Å². The molecule has 2 rings (SSSR count). The van der Waals surface area contributed by atoms with E-state index in [-0.39, 0.29) is 11.4 Å². The summed E-state index contributed by atoms with van der Waals surface area (Å²) in [6.07, 6.45) is -0.515. The Hall–Kier alpha value is -2.83. The van der Waals surface area contributed by atoms with Gasteiger partial charge in [0.25, 0.3) is 5.69 Å². The van der Waals surface area contributed by atoms with Gasteiger partial charge in [0, 0.05) is 11.6 Å². The number of carboxylic acids is 1. The zero-order chi connectivity index (χ0) is 15.6. The van der Waals surface area contributed by atoms with Crippen molar-refractivity contribution in [2.24, 2.45) is 0 Å². The van der Waals surface area contributed by atoms with Gasteiger partial charge in [-0.05, 0) is 38.1 Å². The van der Waals surface area contributed by atoms with E-state index in [1.54, 1.807) is 19.9 Å². The van der Waals surface area contributed by atoms with Crippen LogP contribution in [0.4, 0.5) is 5.69 Å². The number of nitrogens with zero attached hydrogens (tertiary/aromatic N) is 1. The number of nitro benzene ring substituents is 1. The summed E-state index contributed by atoms with van der Waals surface area (Å²) in [7, 11) is 0. The Kier molecular flexibility index (Phi) is 3.93. The largest absolute Gasteiger partial charge is 0.483 e. The van der Waals surface area contributed by atoms with Gasteiger partial charge in [-0.15, -0.1) is 0 Å². The normalized spacial score (nSPS) is 11.9. The fraction of sp³-hybridized carbons (Fsp3) is 0.214. The first kappa shape index (κ1) is 14.6. The van der Waals surface area contributed by atoms with Crippen LogP contribution in [0.15, 0.2) is 34.7 Å². The van der Waals surface area contributed by atoms with Crippen LogP contribution in [0.25, 0.3) is 0 Å². The lowest BCUT2D eigenvalue weighted by molar-refractivity contribution is -0.385. The van der Waals surface area contributed by atoms with E-state index in [1.807, 2.05) is 0 Å². The maximum absolute atomic E-state index is 10.7. The molecule has 0 aliphatic carbocycles. The van der Waals surface area contributed by atoms with E-state index in [2.05, 4.69) is 0 Å². The monoisotopic (exact) mass is 291 g/mol. The van der Waals surface area contributed by atoms with Crippen molar-refractivity contribution in [1.82, 2.24) is 0 Å². The summed E-state index contributed by atoms with van der Waals surface area (Å²) in [5, 5.41) is 19.5. The van der Waals surface area contributed by atoms with E-state index in [1.165, 1.54) is 24.3 Å². The number of aromatic carboxylic acids is 1. The molecule has 0 saturated heterocycles. The lowest BCUT2D eigenvalue weighted by Crippen LogP contribution is -2.03. The van der Waals surface area contributed by atoms with Crippen LogP contribution in [0, 0.1) is 17.0 Å². The van der Waals surface area contributed by atoms with E-state index in [0.29, 0.717) is 17.1 Å². The molecule has 7 nitrogen and oxygen atoms in total. The van der Waals surface area contributed by atoms with Crippen molar-refractivity contribution in [3.63, 3.8) is 0 Å². The number of ether oxygens (including phenoxy) is 1. The predicted molar refractivity (Wildman–Crippen MR) is 72.5 cm³/mol. The second-order valence-corrected chi connectivity index (χ2v) is 4.47. The van der Waals surface area contributed by atoms with Gasteiger partial charge in [-0.1, -0.05) is 0 Å². The fourth-order valence-electron chi connectivity index (χ4n) is 1.85. The molecule has 1 heterocycles. The molecule has 0 radical (unpaired) electrons. The van der Waals surface area contributed by atoms with Crippen LogP contribution in [-0.4, -0.2) is 16.0 Å². The van der Waals surface area contributed by atoms with E-state index < -0.39 is 17.0 Å². The van der Waals surface area contributed by atoms with Crippen LogP contribution in [0.5, 0.6) is 5.75 Å². The molecule has 1 unspecified atom stereocenters. The smallest absolute Gasteiger partial charge is 0.371 e. The fourth-order valence-corrected chi connectivity index (χ4v) is 1.85. The maximum atomic E-state index is 10.7. The minimum absolute atomic E-state index is 0.0150. The third kappa shape index (κ3) is 3.19. The quantitative estimate of drug-likeness (QED) is 0.669. The molecule has 0 aliphatic rings. The predicted octanol–water partition coefficient (Wildman–Crippen LogP) is 3.33. The molecule has 1 N–H and O–H groups in total. The number of furan rings is 1. The second-order valence-electron chi connectivity index (χ2n) is 4.47. The van der Waals surface area contributed by atoms with Gasteiger partial charge in [0.1, 0.15) is 11.5 Å². The van der Waals surface area contributed by atoms with Gasteiger partial charge >= 0.3 is 5.97 Å². The Balaban J connectivity index is 2.15. The van der Waals surface area contributed by atoms with Gasteiger partial charge < -0.3 is 14.3 Å². The highest BCUT2D eigenvalue weighted by Crippen LogP contribution is 2.27. The average molecular weight is 291 g/mol. The first-order chi connectivity index (χ1) is 9.88. The van der Waals surface area contributed by atoms with Crippen molar-refractivity contribution in [2.75, 3.05) is 0 Å². The first-order valence-corrected chi connectivity index (χ1v) is 6.13. The number of aryl methyl sites for hydroxylation is 1. The molecule has 0 saturated carbocycles. The highest BCUT2D eigenvalue weighted by atomic mass is 16.6.